The van der Waals surface area contributed by atoms with E-state index in [9.17, 15) is 13.2 Å². The van der Waals surface area contributed by atoms with Gasteiger partial charge in [-0.25, -0.2) is 0 Å². The van der Waals surface area contributed by atoms with Gasteiger partial charge in [-0.05, 0) is 52.7 Å². The number of nitrogens with two attached hydrogens (primary N) is 1. The van der Waals surface area contributed by atoms with Gasteiger partial charge in [0.1, 0.15) is 0 Å². The van der Waals surface area contributed by atoms with Crippen LogP contribution in [0.5, 0.6) is 5.75 Å². The molecule has 1 atom stereocenters. The van der Waals surface area contributed by atoms with Gasteiger partial charge in [-0.15, -0.1) is 0 Å². The summed E-state index contributed by atoms with van der Waals surface area (Å²) in [4.78, 5) is 11.0. The Bertz CT molecular complexity index is 1150. The van der Waals surface area contributed by atoms with Crippen LogP contribution in [0.1, 0.15) is 11.1 Å². The summed E-state index contributed by atoms with van der Waals surface area (Å²) < 4.78 is 36.2. The lowest BCUT2D eigenvalue weighted by Gasteiger charge is -2.12. The molecule has 0 bridgehead atoms. The molecule has 3 aromatic rings. The Morgan fingerprint density at radius 1 is 1.03 bits per heavy atom. The molecule has 0 saturated heterocycles. The second-order valence-electron chi connectivity index (χ2n) is 6.21. The predicted octanol–water partition coefficient (Wildman–Crippen LogP) is 4.16. The molecule has 0 aromatic heterocycles. The van der Waals surface area contributed by atoms with E-state index in [1.165, 1.54) is 6.07 Å². The number of primary amides is 1. The number of amides is 1. The summed E-state index contributed by atoms with van der Waals surface area (Å²) in [6, 6.07) is 19.4. The maximum Gasteiger partial charge on any atom is 0.446 e. The zero-order valence-electron chi connectivity index (χ0n) is 15.0. The molecule has 3 rings (SSSR count). The van der Waals surface area contributed by atoms with E-state index in [0.29, 0.717) is 22.6 Å². The van der Waals surface area contributed by atoms with Crippen molar-refractivity contribution in [3.05, 3.63) is 82.9 Å². The average molecular weight is 450 g/mol. The Labute approximate surface area is 175 Å². The van der Waals surface area contributed by atoms with Crippen molar-refractivity contribution < 1.29 is 21.9 Å². The number of carbonyl (C=O) groups is 1. The van der Waals surface area contributed by atoms with E-state index in [4.69, 9.17) is 26.1 Å². The number of hydrogen-bond donors (Lipinski definition) is 2. The lowest BCUT2D eigenvalue weighted by molar-refractivity contribution is 0.267. The number of benzene rings is 3. The fourth-order valence-corrected chi connectivity index (χ4v) is 4.02. The van der Waals surface area contributed by atoms with Crippen molar-refractivity contribution in [3.8, 4) is 16.9 Å². The third kappa shape index (κ3) is 6.27. The fraction of sp³-hybridized carbons (Fsp3) is 0.0500. The molecule has 29 heavy (non-hydrogen) atoms. The Hall–Kier alpha value is -2.44. The molecule has 0 aliphatic carbocycles. The van der Waals surface area contributed by atoms with Crippen molar-refractivity contribution in [3.63, 3.8) is 0 Å². The van der Waals surface area contributed by atoms with Crippen molar-refractivity contribution in [2.24, 2.45) is 5.73 Å². The summed E-state index contributed by atoms with van der Waals surface area (Å²) in [6.45, 7) is 0. The lowest BCUT2D eigenvalue weighted by atomic mass is 9.98. The number of halogens is 1. The van der Waals surface area contributed by atoms with Crippen LogP contribution < -0.4 is 15.2 Å². The largest absolute Gasteiger partial charge is 0.446 e. The second kappa shape index (κ2) is 8.93. The van der Waals surface area contributed by atoms with Gasteiger partial charge in [0.15, 0.2) is 5.75 Å². The smallest absolute Gasteiger partial charge is 0.366 e. The molecule has 0 aliphatic heterocycles. The van der Waals surface area contributed by atoms with Gasteiger partial charge >= 0.3 is 10.4 Å². The Morgan fingerprint density at radius 3 is 2.34 bits per heavy atom. The van der Waals surface area contributed by atoms with E-state index in [-0.39, 0.29) is 20.0 Å². The summed E-state index contributed by atoms with van der Waals surface area (Å²) in [5, 5.41) is 1.34. The summed E-state index contributed by atoms with van der Waals surface area (Å²) in [5.41, 5.74) is 7.88. The van der Waals surface area contributed by atoms with Crippen molar-refractivity contribution in [2.75, 3.05) is 0 Å². The standard InChI is InChI=1S/C20H17ClNO5PS/c21-16-3-1-2-15(12-16)18-11-14(6-9-19(18)27-29(24,25)26)10-13-4-7-17(8-5-13)28-20(22)23/h1-9,11-12,28H,10H2,(H2,22,23)(H,24,25,26). The molecule has 0 aliphatic rings. The van der Waals surface area contributed by atoms with Crippen molar-refractivity contribution in [2.45, 2.75) is 6.42 Å². The van der Waals surface area contributed by atoms with Crippen LogP contribution in [0.2, 0.25) is 5.02 Å². The van der Waals surface area contributed by atoms with Crippen LogP contribution in [0.3, 0.4) is 0 Å². The number of carbonyl (C=O) groups excluding carboxylic acids is 1. The van der Waals surface area contributed by atoms with Gasteiger partial charge in [0.05, 0.1) is 0 Å². The molecule has 0 spiro atoms. The van der Waals surface area contributed by atoms with Crippen LogP contribution in [0.15, 0.2) is 66.7 Å². The Kier molecular flexibility index (Phi) is 6.55. The minimum atomic E-state index is -4.67. The van der Waals surface area contributed by atoms with Crippen LogP contribution >= 0.6 is 20.2 Å². The molecular formula is C20H17ClNO5PS. The summed E-state index contributed by atoms with van der Waals surface area (Å²) in [5.74, 6) is -0.00322. The van der Waals surface area contributed by atoms with Crippen LogP contribution in [-0.4, -0.2) is 18.6 Å². The van der Waals surface area contributed by atoms with Crippen LogP contribution in [-0.2, 0) is 16.8 Å². The van der Waals surface area contributed by atoms with E-state index in [1.54, 1.807) is 36.4 Å². The van der Waals surface area contributed by atoms with Crippen molar-refractivity contribution >= 4 is 41.5 Å². The lowest BCUT2D eigenvalue weighted by Crippen LogP contribution is -2.08. The quantitative estimate of drug-likeness (QED) is 0.416. The molecule has 0 saturated carbocycles. The van der Waals surface area contributed by atoms with Crippen LogP contribution in [0.4, 0.5) is 4.79 Å². The third-order valence-corrected chi connectivity index (χ3v) is 5.50. The zero-order chi connectivity index (χ0) is 21.0. The summed E-state index contributed by atoms with van der Waals surface area (Å²) >= 11 is 6.06. The third-order valence-electron chi connectivity index (χ3n) is 4.00. The molecule has 1 unspecified atom stereocenters. The maximum atomic E-state index is 11.2. The first-order valence-corrected chi connectivity index (χ1v) is 11.1. The normalized spacial score (nSPS) is 11.7. The second-order valence-corrected chi connectivity index (χ2v) is 8.99. The van der Waals surface area contributed by atoms with Gasteiger partial charge in [0, 0.05) is 19.2 Å². The molecule has 3 aromatic carbocycles. The average Bonchev–Trinajstić information content (AvgIpc) is 2.63. The van der Waals surface area contributed by atoms with Gasteiger partial charge in [0.25, 0.3) is 0 Å². The SMILES string of the molecule is NC(=O)Pc1ccc(Cc2ccc(OS(=O)(=O)O)c(-c3cccc(Cl)c3)c2)cc1. The molecule has 1 amide bonds. The monoisotopic (exact) mass is 449 g/mol. The molecule has 3 N–H and O–H groups in total. The highest BCUT2D eigenvalue weighted by Gasteiger charge is 2.14. The number of hydrogen-bond acceptors (Lipinski definition) is 4. The molecule has 0 radical (unpaired) electrons. The molecular weight excluding hydrogens is 433 g/mol. The van der Waals surface area contributed by atoms with Gasteiger partial charge in [0.2, 0.25) is 5.65 Å². The molecule has 9 heteroatoms. The first-order chi connectivity index (χ1) is 13.7. The first-order valence-electron chi connectivity index (χ1n) is 8.41. The first kappa shape index (κ1) is 21.3. The molecule has 150 valence electrons. The predicted molar refractivity (Wildman–Crippen MR) is 116 cm³/mol. The minimum absolute atomic E-state index is 0.00322. The zero-order valence-corrected chi connectivity index (χ0v) is 17.6. The molecule has 0 fully saturated rings. The van der Waals surface area contributed by atoms with Crippen LogP contribution in [0, 0.1) is 0 Å². The van der Waals surface area contributed by atoms with Gasteiger partial charge in [-0.1, -0.05) is 54.1 Å². The van der Waals surface area contributed by atoms with Gasteiger partial charge < -0.3 is 9.92 Å². The highest BCUT2D eigenvalue weighted by atomic mass is 35.5. The summed E-state index contributed by atoms with van der Waals surface area (Å²) in [7, 11) is -4.75. The molecule has 0 heterocycles. The van der Waals surface area contributed by atoms with E-state index >= 15 is 0 Å². The van der Waals surface area contributed by atoms with E-state index < -0.39 is 10.4 Å². The van der Waals surface area contributed by atoms with E-state index in [1.807, 2.05) is 24.3 Å². The highest BCUT2D eigenvalue weighted by Crippen LogP contribution is 2.33. The maximum absolute atomic E-state index is 11.2. The van der Waals surface area contributed by atoms with Gasteiger partial charge in [-0.3, -0.25) is 9.35 Å². The Balaban J connectivity index is 1.94. The van der Waals surface area contributed by atoms with E-state index in [0.717, 1.165) is 16.4 Å². The minimum Gasteiger partial charge on any atom is -0.366 e. The van der Waals surface area contributed by atoms with Crippen LogP contribution in [0.25, 0.3) is 11.1 Å². The van der Waals surface area contributed by atoms with Crippen molar-refractivity contribution in [1.82, 2.24) is 0 Å². The topological polar surface area (TPSA) is 107 Å². The highest BCUT2D eigenvalue weighted by molar-refractivity contribution is 7.81. The number of rotatable bonds is 7. The van der Waals surface area contributed by atoms with Crippen molar-refractivity contribution in [1.29, 1.82) is 0 Å². The fourth-order valence-electron chi connectivity index (χ4n) is 2.84. The van der Waals surface area contributed by atoms with Gasteiger partial charge in [-0.2, -0.15) is 8.42 Å². The molecule has 6 nitrogen and oxygen atoms in total. The summed E-state index contributed by atoms with van der Waals surface area (Å²) in [6.07, 6.45) is 0.569. The van der Waals surface area contributed by atoms with E-state index in [2.05, 4.69) is 0 Å². The Morgan fingerprint density at radius 2 is 1.72 bits per heavy atom.